The number of nitrogens with one attached hydrogen (secondary N) is 1. The van der Waals surface area contributed by atoms with Gasteiger partial charge in [-0.25, -0.2) is 0 Å². The van der Waals surface area contributed by atoms with Crippen LogP contribution in [0.5, 0.6) is 0 Å². The molecule has 0 radical (unpaired) electrons. The van der Waals surface area contributed by atoms with Gasteiger partial charge in [-0.15, -0.1) is 0 Å². The molecule has 1 amide bonds. The van der Waals surface area contributed by atoms with E-state index in [1.54, 1.807) is 0 Å². The number of carboxylic acid groups (broad SMARTS) is 1. The molecule has 1 atom stereocenters. The Bertz CT molecular complexity index is 428. The molecular weight excluding hydrogens is 206 g/mol. The number of carbonyl (C=O) groups excluding carboxylic acids is 1. The molecule has 1 aromatic rings. The number of fused-ring (bicyclic) bond motifs is 1. The predicted octanol–water partition coefficient (Wildman–Crippen LogP) is 0.917. The maximum absolute atomic E-state index is 11.7. The summed E-state index contributed by atoms with van der Waals surface area (Å²) < 4.78 is 0. The Labute approximate surface area is 93.3 Å². The van der Waals surface area contributed by atoms with Gasteiger partial charge in [-0.2, -0.15) is 0 Å². The topological polar surface area (TPSA) is 66.4 Å². The molecule has 84 valence electrons. The molecule has 1 aromatic carbocycles. The molecule has 0 saturated carbocycles. The molecule has 1 aliphatic heterocycles. The summed E-state index contributed by atoms with van der Waals surface area (Å²) in [6.45, 7) is 0.575. The molecule has 0 aliphatic carbocycles. The van der Waals surface area contributed by atoms with E-state index in [1.165, 1.54) is 0 Å². The van der Waals surface area contributed by atoms with E-state index in [0.29, 0.717) is 6.54 Å². The van der Waals surface area contributed by atoms with Gasteiger partial charge in [-0.3, -0.25) is 9.59 Å². The van der Waals surface area contributed by atoms with E-state index in [1.807, 2.05) is 24.3 Å². The van der Waals surface area contributed by atoms with Crippen molar-refractivity contribution in [1.29, 1.82) is 0 Å². The Morgan fingerprint density at radius 2 is 2.19 bits per heavy atom. The number of carboxylic acids is 1. The Kier molecular flexibility index (Phi) is 2.90. The van der Waals surface area contributed by atoms with Crippen LogP contribution in [0.25, 0.3) is 0 Å². The van der Waals surface area contributed by atoms with E-state index in [0.717, 1.165) is 17.5 Å². The fraction of sp³-hybridized carbons (Fsp3) is 0.333. The van der Waals surface area contributed by atoms with E-state index in [9.17, 15) is 9.59 Å². The van der Waals surface area contributed by atoms with Crippen LogP contribution in [0.3, 0.4) is 0 Å². The van der Waals surface area contributed by atoms with Gasteiger partial charge < -0.3 is 10.4 Å². The van der Waals surface area contributed by atoms with Crippen LogP contribution in [0.2, 0.25) is 0 Å². The Balaban J connectivity index is 2.39. The normalized spacial score (nSPS) is 19.5. The molecule has 0 saturated heterocycles. The maximum atomic E-state index is 11.7. The molecule has 0 fully saturated rings. The largest absolute Gasteiger partial charge is 0.481 e. The summed E-state index contributed by atoms with van der Waals surface area (Å²) in [5.74, 6) is -1.69. The number of benzene rings is 1. The van der Waals surface area contributed by atoms with Crippen molar-refractivity contribution in [3.8, 4) is 0 Å². The van der Waals surface area contributed by atoms with Crippen LogP contribution in [-0.4, -0.2) is 23.5 Å². The van der Waals surface area contributed by atoms with Crippen LogP contribution in [-0.2, 0) is 16.0 Å². The van der Waals surface area contributed by atoms with Gasteiger partial charge in [0.25, 0.3) is 0 Å². The van der Waals surface area contributed by atoms with Crippen molar-refractivity contribution in [3.63, 3.8) is 0 Å². The molecule has 0 spiro atoms. The average molecular weight is 219 g/mol. The van der Waals surface area contributed by atoms with Gasteiger partial charge in [0.2, 0.25) is 5.91 Å². The quantitative estimate of drug-likeness (QED) is 0.777. The third kappa shape index (κ3) is 2.05. The molecule has 4 heteroatoms. The van der Waals surface area contributed by atoms with E-state index in [-0.39, 0.29) is 12.3 Å². The van der Waals surface area contributed by atoms with E-state index < -0.39 is 11.9 Å². The third-order valence-corrected chi connectivity index (χ3v) is 2.82. The van der Waals surface area contributed by atoms with Crippen molar-refractivity contribution in [2.24, 2.45) is 0 Å². The lowest BCUT2D eigenvalue weighted by Gasteiger charge is -2.13. The second-order valence-corrected chi connectivity index (χ2v) is 3.89. The van der Waals surface area contributed by atoms with Crippen molar-refractivity contribution in [1.82, 2.24) is 5.32 Å². The van der Waals surface area contributed by atoms with Crippen molar-refractivity contribution >= 4 is 11.9 Å². The predicted molar refractivity (Wildman–Crippen MR) is 58.1 cm³/mol. The van der Waals surface area contributed by atoms with Crippen molar-refractivity contribution < 1.29 is 14.7 Å². The molecule has 2 N–H and O–H groups in total. The molecule has 4 nitrogen and oxygen atoms in total. The zero-order valence-electron chi connectivity index (χ0n) is 8.77. The van der Waals surface area contributed by atoms with Gasteiger partial charge in [0, 0.05) is 6.54 Å². The first-order chi connectivity index (χ1) is 7.68. The average Bonchev–Trinajstić information content (AvgIpc) is 2.40. The molecule has 1 unspecified atom stereocenters. The first kappa shape index (κ1) is 10.7. The number of hydrogen-bond donors (Lipinski definition) is 2. The Morgan fingerprint density at radius 1 is 1.44 bits per heavy atom. The molecular formula is C12H13NO3. The molecule has 0 bridgehead atoms. The second kappa shape index (κ2) is 4.35. The van der Waals surface area contributed by atoms with Crippen LogP contribution in [0, 0.1) is 0 Å². The molecule has 1 heterocycles. The number of aliphatic carboxylic acids is 1. The summed E-state index contributed by atoms with van der Waals surface area (Å²) in [5.41, 5.74) is 1.91. The van der Waals surface area contributed by atoms with E-state index in [4.69, 9.17) is 5.11 Å². The van der Waals surface area contributed by atoms with Gasteiger partial charge in [-0.1, -0.05) is 24.3 Å². The van der Waals surface area contributed by atoms with Gasteiger partial charge in [0.15, 0.2) is 0 Å². The minimum absolute atomic E-state index is 0.150. The second-order valence-electron chi connectivity index (χ2n) is 3.89. The molecule has 0 aromatic heterocycles. The van der Waals surface area contributed by atoms with Crippen molar-refractivity contribution in [2.75, 3.05) is 6.54 Å². The SMILES string of the molecule is O=C(O)CC1C(=O)NCCc2ccccc21. The summed E-state index contributed by atoms with van der Waals surface area (Å²) >= 11 is 0. The maximum Gasteiger partial charge on any atom is 0.304 e. The van der Waals surface area contributed by atoms with Crippen LogP contribution < -0.4 is 5.32 Å². The van der Waals surface area contributed by atoms with Gasteiger partial charge in [0.1, 0.15) is 0 Å². The summed E-state index contributed by atoms with van der Waals surface area (Å²) in [6.07, 6.45) is 0.612. The number of hydrogen-bond acceptors (Lipinski definition) is 2. The zero-order chi connectivity index (χ0) is 11.5. The minimum atomic E-state index is -0.947. The number of carbonyl (C=O) groups is 2. The lowest BCUT2D eigenvalue weighted by Crippen LogP contribution is -2.29. The highest BCUT2D eigenvalue weighted by molar-refractivity contribution is 5.88. The first-order valence-electron chi connectivity index (χ1n) is 5.26. The number of amides is 1. The zero-order valence-corrected chi connectivity index (χ0v) is 8.77. The summed E-state index contributed by atoms with van der Waals surface area (Å²) in [6, 6.07) is 7.54. The van der Waals surface area contributed by atoms with Crippen LogP contribution in [0.1, 0.15) is 23.5 Å². The van der Waals surface area contributed by atoms with Crippen LogP contribution in [0.4, 0.5) is 0 Å². The smallest absolute Gasteiger partial charge is 0.304 e. The highest BCUT2D eigenvalue weighted by atomic mass is 16.4. The molecule has 2 rings (SSSR count). The van der Waals surface area contributed by atoms with Gasteiger partial charge in [0.05, 0.1) is 12.3 Å². The summed E-state index contributed by atoms with van der Waals surface area (Å²) in [5, 5.41) is 11.6. The Morgan fingerprint density at radius 3 is 2.94 bits per heavy atom. The minimum Gasteiger partial charge on any atom is -0.481 e. The summed E-state index contributed by atoms with van der Waals surface area (Å²) in [7, 11) is 0. The monoisotopic (exact) mass is 219 g/mol. The van der Waals surface area contributed by atoms with E-state index in [2.05, 4.69) is 5.32 Å². The lowest BCUT2D eigenvalue weighted by molar-refractivity contribution is -0.139. The van der Waals surface area contributed by atoms with Crippen molar-refractivity contribution in [2.45, 2.75) is 18.8 Å². The van der Waals surface area contributed by atoms with Gasteiger partial charge in [-0.05, 0) is 17.5 Å². The third-order valence-electron chi connectivity index (χ3n) is 2.82. The van der Waals surface area contributed by atoms with Crippen molar-refractivity contribution in [3.05, 3.63) is 35.4 Å². The van der Waals surface area contributed by atoms with E-state index >= 15 is 0 Å². The van der Waals surface area contributed by atoms with Crippen LogP contribution in [0.15, 0.2) is 24.3 Å². The molecule has 1 aliphatic rings. The first-order valence-corrected chi connectivity index (χ1v) is 5.26. The summed E-state index contributed by atoms with van der Waals surface area (Å²) in [4.78, 5) is 22.5. The van der Waals surface area contributed by atoms with Crippen LogP contribution >= 0.6 is 0 Å². The fourth-order valence-electron chi connectivity index (χ4n) is 2.06. The highest BCUT2D eigenvalue weighted by Gasteiger charge is 2.27. The lowest BCUT2D eigenvalue weighted by atomic mass is 9.91. The van der Waals surface area contributed by atoms with Gasteiger partial charge >= 0.3 is 5.97 Å². The fourth-order valence-corrected chi connectivity index (χ4v) is 2.06. The highest BCUT2D eigenvalue weighted by Crippen LogP contribution is 2.26. The molecule has 16 heavy (non-hydrogen) atoms. The standard InChI is InChI=1S/C12H13NO3/c14-11(15)7-10-9-4-2-1-3-8(9)5-6-13-12(10)16/h1-4,10H,5-7H2,(H,13,16)(H,14,15). The Hall–Kier alpha value is -1.84. The number of rotatable bonds is 2.